The summed E-state index contributed by atoms with van der Waals surface area (Å²) in [4.78, 5) is 11.9. The number of aromatic nitrogens is 3. The molecule has 1 amide bonds. The summed E-state index contributed by atoms with van der Waals surface area (Å²) in [7, 11) is 1.85. The number of carbonyl (C=O) groups is 1. The van der Waals surface area contributed by atoms with E-state index in [1.807, 2.05) is 18.5 Å². The molecule has 0 radical (unpaired) electrons. The van der Waals surface area contributed by atoms with Crippen molar-refractivity contribution in [2.75, 3.05) is 16.8 Å². The van der Waals surface area contributed by atoms with E-state index >= 15 is 0 Å². The zero-order valence-electron chi connectivity index (χ0n) is 11.1. The van der Waals surface area contributed by atoms with E-state index in [2.05, 4.69) is 15.5 Å². The highest BCUT2D eigenvalue weighted by atomic mass is 35.5. The Morgan fingerprint density at radius 2 is 2.25 bits per heavy atom. The van der Waals surface area contributed by atoms with Crippen LogP contribution < -0.4 is 11.1 Å². The Kier molecular flexibility index (Phi) is 4.51. The van der Waals surface area contributed by atoms with Crippen molar-refractivity contribution in [3.05, 3.63) is 29.0 Å². The first-order valence-electron chi connectivity index (χ1n) is 5.81. The molecule has 0 aliphatic carbocycles. The number of benzene rings is 1. The van der Waals surface area contributed by atoms with Gasteiger partial charge in [0.2, 0.25) is 5.91 Å². The van der Waals surface area contributed by atoms with Gasteiger partial charge in [-0.2, -0.15) is 0 Å². The van der Waals surface area contributed by atoms with E-state index in [9.17, 15) is 4.79 Å². The number of nitrogens with one attached hydrogen (secondary N) is 1. The van der Waals surface area contributed by atoms with E-state index in [0.717, 1.165) is 5.82 Å². The van der Waals surface area contributed by atoms with Crippen LogP contribution in [0.25, 0.3) is 0 Å². The van der Waals surface area contributed by atoms with Crippen LogP contribution in [0.4, 0.5) is 11.4 Å². The number of nitrogens with two attached hydrogens (primary N) is 1. The first kappa shape index (κ1) is 14.7. The van der Waals surface area contributed by atoms with Crippen LogP contribution >= 0.6 is 23.4 Å². The molecule has 0 fully saturated rings. The standard InChI is InChI=1S/C12H14ClN5OS/c1-7-16-17-12(18(7)2)20-6-11(19)15-10-5-8(14)3-4-9(10)13/h3-5H,6,14H2,1-2H3,(H,15,19). The highest BCUT2D eigenvalue weighted by Crippen LogP contribution is 2.24. The summed E-state index contributed by atoms with van der Waals surface area (Å²) in [6.45, 7) is 1.85. The number of nitrogens with zero attached hydrogens (tertiary/aromatic N) is 3. The molecule has 0 bridgehead atoms. The SMILES string of the molecule is Cc1nnc(SCC(=O)Nc2cc(N)ccc2Cl)n1C. The Hall–Kier alpha value is -1.73. The number of thioether (sulfide) groups is 1. The monoisotopic (exact) mass is 311 g/mol. The Bertz CT molecular complexity index is 643. The van der Waals surface area contributed by atoms with Gasteiger partial charge in [0.1, 0.15) is 5.82 Å². The lowest BCUT2D eigenvalue weighted by Crippen LogP contribution is -2.15. The lowest BCUT2D eigenvalue weighted by atomic mass is 10.3. The zero-order valence-corrected chi connectivity index (χ0v) is 12.6. The van der Waals surface area contributed by atoms with E-state index in [-0.39, 0.29) is 11.7 Å². The first-order valence-corrected chi connectivity index (χ1v) is 7.17. The molecule has 1 aromatic heterocycles. The van der Waals surface area contributed by atoms with Gasteiger partial charge in [-0.1, -0.05) is 23.4 Å². The van der Waals surface area contributed by atoms with Gasteiger partial charge in [-0.05, 0) is 25.1 Å². The van der Waals surface area contributed by atoms with Crippen LogP contribution in [-0.2, 0) is 11.8 Å². The van der Waals surface area contributed by atoms with Gasteiger partial charge in [0.15, 0.2) is 5.16 Å². The van der Waals surface area contributed by atoms with Gasteiger partial charge in [0.05, 0.1) is 16.5 Å². The predicted octanol–water partition coefficient (Wildman–Crippen LogP) is 2.09. The number of rotatable bonds is 4. The maximum Gasteiger partial charge on any atom is 0.234 e. The minimum absolute atomic E-state index is 0.178. The van der Waals surface area contributed by atoms with E-state index in [1.165, 1.54) is 11.8 Å². The van der Waals surface area contributed by atoms with Crippen LogP contribution in [0, 0.1) is 6.92 Å². The third kappa shape index (κ3) is 3.43. The average Bonchev–Trinajstić information content (AvgIpc) is 2.72. The van der Waals surface area contributed by atoms with Crippen molar-refractivity contribution in [1.82, 2.24) is 14.8 Å². The number of anilines is 2. The highest BCUT2D eigenvalue weighted by Gasteiger charge is 2.10. The summed E-state index contributed by atoms with van der Waals surface area (Å²) < 4.78 is 1.82. The second kappa shape index (κ2) is 6.15. The molecule has 2 aromatic rings. The minimum atomic E-state index is -0.178. The highest BCUT2D eigenvalue weighted by molar-refractivity contribution is 7.99. The quantitative estimate of drug-likeness (QED) is 0.667. The third-order valence-electron chi connectivity index (χ3n) is 2.65. The summed E-state index contributed by atoms with van der Waals surface area (Å²) in [5.74, 6) is 0.840. The molecule has 0 spiro atoms. The Morgan fingerprint density at radius 3 is 2.90 bits per heavy atom. The number of aryl methyl sites for hydroxylation is 1. The number of amides is 1. The molecule has 0 saturated heterocycles. The predicted molar refractivity (Wildman–Crippen MR) is 81.0 cm³/mol. The van der Waals surface area contributed by atoms with Crippen LogP contribution in [0.3, 0.4) is 0 Å². The molecule has 0 unspecified atom stereocenters. The smallest absolute Gasteiger partial charge is 0.234 e. The van der Waals surface area contributed by atoms with Gasteiger partial charge in [0.25, 0.3) is 0 Å². The molecule has 2 rings (SSSR count). The Balaban J connectivity index is 1.96. The van der Waals surface area contributed by atoms with Crippen LogP contribution in [0.1, 0.15) is 5.82 Å². The molecule has 0 aliphatic rings. The van der Waals surface area contributed by atoms with Crippen LogP contribution in [-0.4, -0.2) is 26.4 Å². The lowest BCUT2D eigenvalue weighted by Gasteiger charge is -2.07. The van der Waals surface area contributed by atoms with Crippen LogP contribution in [0.15, 0.2) is 23.4 Å². The maximum absolute atomic E-state index is 11.9. The third-order valence-corrected chi connectivity index (χ3v) is 4.00. The molecule has 106 valence electrons. The molecular formula is C12H14ClN5OS. The summed E-state index contributed by atoms with van der Waals surface area (Å²) in [5.41, 5.74) is 6.70. The van der Waals surface area contributed by atoms with Crippen molar-refractivity contribution in [1.29, 1.82) is 0 Å². The number of hydrogen-bond donors (Lipinski definition) is 2. The molecule has 20 heavy (non-hydrogen) atoms. The second-order valence-corrected chi connectivity index (χ2v) is 5.51. The summed E-state index contributed by atoms with van der Waals surface area (Å²) in [5, 5.41) is 11.8. The van der Waals surface area contributed by atoms with E-state index in [1.54, 1.807) is 18.2 Å². The van der Waals surface area contributed by atoms with Crippen molar-refractivity contribution in [3.63, 3.8) is 0 Å². The molecule has 0 aliphatic heterocycles. The lowest BCUT2D eigenvalue weighted by molar-refractivity contribution is -0.113. The number of halogens is 1. The Morgan fingerprint density at radius 1 is 1.50 bits per heavy atom. The molecule has 0 atom stereocenters. The molecule has 3 N–H and O–H groups in total. The van der Waals surface area contributed by atoms with Crippen molar-refractivity contribution in [2.24, 2.45) is 7.05 Å². The van der Waals surface area contributed by atoms with Crippen LogP contribution in [0.5, 0.6) is 0 Å². The fourth-order valence-electron chi connectivity index (χ4n) is 1.47. The normalized spacial score (nSPS) is 10.6. The van der Waals surface area contributed by atoms with Gasteiger partial charge in [-0.15, -0.1) is 10.2 Å². The average molecular weight is 312 g/mol. The minimum Gasteiger partial charge on any atom is -0.399 e. The van der Waals surface area contributed by atoms with Crippen molar-refractivity contribution in [2.45, 2.75) is 12.1 Å². The van der Waals surface area contributed by atoms with Gasteiger partial charge in [0, 0.05) is 12.7 Å². The summed E-state index contributed by atoms with van der Waals surface area (Å²) >= 11 is 7.29. The topological polar surface area (TPSA) is 85.8 Å². The second-order valence-electron chi connectivity index (χ2n) is 4.16. The molecule has 1 aromatic carbocycles. The molecule has 0 saturated carbocycles. The van der Waals surface area contributed by atoms with E-state index in [4.69, 9.17) is 17.3 Å². The maximum atomic E-state index is 11.9. The largest absolute Gasteiger partial charge is 0.399 e. The van der Waals surface area contributed by atoms with Crippen molar-refractivity contribution in [3.8, 4) is 0 Å². The fourth-order valence-corrected chi connectivity index (χ4v) is 2.39. The van der Waals surface area contributed by atoms with Gasteiger partial charge in [-0.3, -0.25) is 4.79 Å². The van der Waals surface area contributed by atoms with Crippen molar-refractivity contribution < 1.29 is 4.79 Å². The van der Waals surface area contributed by atoms with Gasteiger partial charge in [-0.25, -0.2) is 0 Å². The van der Waals surface area contributed by atoms with E-state index < -0.39 is 0 Å². The molecule has 8 heteroatoms. The Labute approximate surface area is 125 Å². The van der Waals surface area contributed by atoms with Gasteiger partial charge >= 0.3 is 0 Å². The van der Waals surface area contributed by atoms with Crippen LogP contribution in [0.2, 0.25) is 5.02 Å². The zero-order chi connectivity index (χ0) is 14.7. The van der Waals surface area contributed by atoms with E-state index in [0.29, 0.717) is 21.6 Å². The summed E-state index contributed by atoms with van der Waals surface area (Å²) in [6, 6.07) is 4.94. The fraction of sp³-hybridized carbons (Fsp3) is 0.250. The van der Waals surface area contributed by atoms with Crippen molar-refractivity contribution >= 4 is 40.6 Å². The van der Waals surface area contributed by atoms with Gasteiger partial charge < -0.3 is 15.6 Å². The molecular weight excluding hydrogens is 298 g/mol. The number of carbonyl (C=O) groups excluding carboxylic acids is 1. The molecule has 1 heterocycles. The molecule has 6 nitrogen and oxygen atoms in total. The summed E-state index contributed by atoms with van der Waals surface area (Å²) in [6.07, 6.45) is 0. The number of hydrogen-bond acceptors (Lipinski definition) is 5. The first-order chi connectivity index (χ1) is 9.47. The number of nitrogen functional groups attached to an aromatic ring is 1.